The van der Waals surface area contributed by atoms with Crippen molar-refractivity contribution in [2.45, 2.75) is 12.8 Å². The minimum absolute atomic E-state index is 0.0396. The largest absolute Gasteiger partial charge is 0.497 e. The van der Waals surface area contributed by atoms with Crippen molar-refractivity contribution in [3.8, 4) is 11.5 Å². The van der Waals surface area contributed by atoms with Gasteiger partial charge < -0.3 is 19.5 Å². The highest BCUT2D eigenvalue weighted by molar-refractivity contribution is 6.01. The number of carbonyl (C=O) groups is 2. The van der Waals surface area contributed by atoms with Crippen LogP contribution in [0.5, 0.6) is 11.5 Å². The van der Waals surface area contributed by atoms with Crippen LogP contribution in [0.4, 0.5) is 5.69 Å². The molecule has 1 aromatic carbocycles. The predicted octanol–water partition coefficient (Wildman–Crippen LogP) is 0.309. The molecular weight excluding hydrogens is 300 g/mol. The fourth-order valence-electron chi connectivity index (χ4n) is 3.11. The first-order valence-corrected chi connectivity index (χ1v) is 7.59. The van der Waals surface area contributed by atoms with Crippen LogP contribution in [-0.2, 0) is 9.59 Å². The number of benzene rings is 1. The molecule has 1 fully saturated rings. The topological polar surface area (TPSA) is 88.1 Å². The Hall–Kier alpha value is -2.28. The Balaban J connectivity index is 1.96. The predicted molar refractivity (Wildman–Crippen MR) is 82.6 cm³/mol. The summed E-state index contributed by atoms with van der Waals surface area (Å²) in [5, 5.41) is 11.8. The quantitative estimate of drug-likeness (QED) is 0.779. The summed E-state index contributed by atoms with van der Waals surface area (Å²) in [5.41, 5.74) is 0.0106. The third kappa shape index (κ3) is 2.84. The van der Waals surface area contributed by atoms with Crippen LogP contribution in [0.1, 0.15) is 12.8 Å². The molecule has 0 bridgehead atoms. The number of methoxy groups -OCH3 is 1. The highest BCUT2D eigenvalue weighted by Crippen LogP contribution is 2.40. The Kier molecular flexibility index (Phi) is 4.12. The van der Waals surface area contributed by atoms with Gasteiger partial charge in [-0.25, -0.2) is 0 Å². The van der Waals surface area contributed by atoms with Crippen molar-refractivity contribution >= 4 is 17.5 Å². The Bertz CT molecular complexity index is 633. The zero-order chi connectivity index (χ0) is 16.4. The molecule has 124 valence electrons. The maximum atomic E-state index is 12.4. The van der Waals surface area contributed by atoms with Crippen LogP contribution in [-0.4, -0.2) is 50.3 Å². The van der Waals surface area contributed by atoms with E-state index in [9.17, 15) is 14.7 Å². The molecule has 0 aliphatic carbocycles. The summed E-state index contributed by atoms with van der Waals surface area (Å²) in [5.74, 6) is 0.709. The number of ether oxygens (including phenoxy) is 2. The summed E-state index contributed by atoms with van der Waals surface area (Å²) >= 11 is 0. The Morgan fingerprint density at radius 2 is 2.26 bits per heavy atom. The Morgan fingerprint density at radius 3 is 2.96 bits per heavy atom. The maximum Gasteiger partial charge on any atom is 0.238 e. The number of β-amino-alcohol motifs (C(OH)–C–C–N with tert-alkyl or cyclic N) is 1. The van der Waals surface area contributed by atoms with Crippen LogP contribution in [0.15, 0.2) is 18.2 Å². The van der Waals surface area contributed by atoms with E-state index in [4.69, 9.17) is 9.47 Å². The maximum absolute atomic E-state index is 12.4. The number of hydrogen-bond acceptors (Lipinski definition) is 6. The van der Waals surface area contributed by atoms with E-state index in [0.29, 0.717) is 37.4 Å². The number of fused-ring (bicyclic) bond motifs is 1. The number of amides is 2. The lowest BCUT2D eigenvalue weighted by molar-refractivity contribution is -0.142. The minimum atomic E-state index is -0.796. The minimum Gasteiger partial charge on any atom is -0.497 e. The van der Waals surface area contributed by atoms with Crippen molar-refractivity contribution < 1.29 is 24.2 Å². The third-order valence-electron chi connectivity index (χ3n) is 4.44. The van der Waals surface area contributed by atoms with E-state index in [1.54, 1.807) is 13.2 Å². The summed E-state index contributed by atoms with van der Waals surface area (Å²) < 4.78 is 11.1. The molecule has 7 nitrogen and oxygen atoms in total. The van der Waals surface area contributed by atoms with Gasteiger partial charge in [0.05, 0.1) is 19.4 Å². The van der Waals surface area contributed by atoms with E-state index in [0.717, 1.165) is 5.69 Å². The van der Waals surface area contributed by atoms with Gasteiger partial charge in [0.25, 0.3) is 0 Å². The van der Waals surface area contributed by atoms with Gasteiger partial charge in [0.2, 0.25) is 11.8 Å². The molecule has 2 heterocycles. The average molecular weight is 320 g/mol. The van der Waals surface area contributed by atoms with E-state index in [-0.39, 0.29) is 25.0 Å². The molecule has 2 N–H and O–H groups in total. The molecule has 2 aliphatic heterocycles. The monoisotopic (exact) mass is 320 g/mol. The van der Waals surface area contributed by atoms with Gasteiger partial charge in [-0.15, -0.1) is 0 Å². The highest BCUT2D eigenvalue weighted by atomic mass is 16.5. The SMILES string of the molecule is COc1ccc2c(c1)OCC1(CCC(=O)NC1=O)CN2CCO. The number of anilines is 1. The molecule has 23 heavy (non-hydrogen) atoms. The first kappa shape index (κ1) is 15.6. The van der Waals surface area contributed by atoms with Crippen LogP contribution in [0.25, 0.3) is 0 Å². The van der Waals surface area contributed by atoms with E-state index in [1.807, 2.05) is 17.0 Å². The molecule has 2 amide bonds. The van der Waals surface area contributed by atoms with Crippen molar-refractivity contribution in [1.82, 2.24) is 5.32 Å². The molecule has 1 aromatic rings. The molecule has 1 unspecified atom stereocenters. The Morgan fingerprint density at radius 1 is 1.43 bits per heavy atom. The van der Waals surface area contributed by atoms with Gasteiger partial charge >= 0.3 is 0 Å². The van der Waals surface area contributed by atoms with Gasteiger partial charge in [0.1, 0.15) is 23.5 Å². The second-order valence-corrected chi connectivity index (χ2v) is 5.93. The summed E-state index contributed by atoms with van der Waals surface area (Å²) in [4.78, 5) is 25.8. The molecule has 1 atom stereocenters. The van der Waals surface area contributed by atoms with Crippen LogP contribution in [0.3, 0.4) is 0 Å². The number of nitrogens with one attached hydrogen (secondary N) is 1. The van der Waals surface area contributed by atoms with Gasteiger partial charge in [-0.1, -0.05) is 0 Å². The molecule has 0 saturated carbocycles. The third-order valence-corrected chi connectivity index (χ3v) is 4.44. The molecule has 2 aliphatic rings. The van der Waals surface area contributed by atoms with Crippen molar-refractivity contribution in [1.29, 1.82) is 0 Å². The number of aliphatic hydroxyl groups is 1. The molecule has 0 aromatic heterocycles. The molecule has 3 rings (SSSR count). The van der Waals surface area contributed by atoms with E-state index in [1.165, 1.54) is 0 Å². The molecular formula is C16H20N2O5. The van der Waals surface area contributed by atoms with Crippen molar-refractivity contribution in [3.63, 3.8) is 0 Å². The van der Waals surface area contributed by atoms with Gasteiger partial charge in [-0.05, 0) is 18.6 Å². The number of rotatable bonds is 3. The van der Waals surface area contributed by atoms with Crippen LogP contribution >= 0.6 is 0 Å². The lowest BCUT2D eigenvalue weighted by Gasteiger charge is -2.36. The van der Waals surface area contributed by atoms with Gasteiger partial charge in [-0.2, -0.15) is 0 Å². The normalized spacial score (nSPS) is 23.8. The van der Waals surface area contributed by atoms with Gasteiger partial charge in [0, 0.05) is 25.6 Å². The van der Waals surface area contributed by atoms with Crippen LogP contribution in [0, 0.1) is 5.41 Å². The van der Waals surface area contributed by atoms with Crippen molar-refractivity contribution in [2.24, 2.45) is 5.41 Å². The van der Waals surface area contributed by atoms with E-state index < -0.39 is 5.41 Å². The van der Waals surface area contributed by atoms with Crippen LogP contribution in [0.2, 0.25) is 0 Å². The number of piperidine rings is 1. The summed E-state index contributed by atoms with van der Waals surface area (Å²) in [7, 11) is 1.58. The lowest BCUT2D eigenvalue weighted by atomic mass is 9.79. The lowest BCUT2D eigenvalue weighted by Crippen LogP contribution is -2.56. The van der Waals surface area contributed by atoms with E-state index >= 15 is 0 Å². The van der Waals surface area contributed by atoms with Gasteiger partial charge in [-0.3, -0.25) is 14.9 Å². The molecule has 0 radical (unpaired) electrons. The number of nitrogens with zero attached hydrogens (tertiary/aromatic N) is 1. The zero-order valence-corrected chi connectivity index (χ0v) is 13.0. The van der Waals surface area contributed by atoms with Gasteiger partial charge in [0.15, 0.2) is 0 Å². The summed E-state index contributed by atoms with van der Waals surface area (Å²) in [6.07, 6.45) is 0.729. The highest BCUT2D eigenvalue weighted by Gasteiger charge is 2.46. The summed E-state index contributed by atoms with van der Waals surface area (Å²) in [6, 6.07) is 5.44. The zero-order valence-electron chi connectivity index (χ0n) is 13.0. The van der Waals surface area contributed by atoms with Crippen molar-refractivity contribution in [3.05, 3.63) is 18.2 Å². The average Bonchev–Trinajstić information content (AvgIpc) is 2.70. The van der Waals surface area contributed by atoms with Crippen molar-refractivity contribution in [2.75, 3.05) is 38.3 Å². The first-order valence-electron chi connectivity index (χ1n) is 7.59. The molecule has 1 spiro atoms. The second kappa shape index (κ2) is 6.08. The first-order chi connectivity index (χ1) is 11.1. The fourth-order valence-corrected chi connectivity index (χ4v) is 3.11. The molecule has 7 heteroatoms. The summed E-state index contributed by atoms with van der Waals surface area (Å²) in [6.45, 7) is 0.925. The molecule has 1 saturated heterocycles. The number of carbonyl (C=O) groups excluding carboxylic acids is 2. The van der Waals surface area contributed by atoms with Crippen LogP contribution < -0.4 is 19.7 Å². The number of hydrogen-bond donors (Lipinski definition) is 2. The van der Waals surface area contributed by atoms with E-state index in [2.05, 4.69) is 5.32 Å². The Labute approximate surface area is 134 Å². The smallest absolute Gasteiger partial charge is 0.238 e. The number of imide groups is 1. The second-order valence-electron chi connectivity index (χ2n) is 5.93. The fraction of sp³-hybridized carbons (Fsp3) is 0.500. The standard InChI is InChI=1S/C16H20N2O5/c1-22-11-2-3-12-13(8-11)23-10-16(9-18(12)6-7-19)5-4-14(20)17-15(16)21/h2-3,8,19H,4-7,9-10H2,1H3,(H,17,20,21). The number of aliphatic hydroxyl groups excluding tert-OH is 1.